The molecule has 0 aliphatic heterocycles. The van der Waals surface area contributed by atoms with Crippen molar-refractivity contribution in [3.8, 4) is 11.1 Å². The van der Waals surface area contributed by atoms with Crippen LogP contribution in [0.1, 0.15) is 24.0 Å². The molecule has 6 heteroatoms. The second-order valence-corrected chi connectivity index (χ2v) is 7.72. The van der Waals surface area contributed by atoms with E-state index in [4.69, 9.17) is 28.3 Å². The van der Waals surface area contributed by atoms with Crippen molar-refractivity contribution < 1.29 is 9.90 Å². The number of aryl methyl sites for hydroxylation is 2. The van der Waals surface area contributed by atoms with Crippen molar-refractivity contribution in [3.05, 3.63) is 76.0 Å². The predicted octanol–water partition coefficient (Wildman–Crippen LogP) is 6.54. The summed E-state index contributed by atoms with van der Waals surface area (Å²) in [6, 6.07) is 15.7. The molecule has 0 spiro atoms. The lowest BCUT2D eigenvalue weighted by atomic mass is 10.0. The van der Waals surface area contributed by atoms with E-state index in [2.05, 4.69) is 9.88 Å². The smallest absolute Gasteiger partial charge is 0.303 e. The van der Waals surface area contributed by atoms with E-state index in [1.165, 1.54) is 0 Å². The molecule has 150 valence electrons. The van der Waals surface area contributed by atoms with Crippen LogP contribution < -0.4 is 4.90 Å². The number of carbonyl (C=O) groups is 1. The third-order valence-electron chi connectivity index (χ3n) is 4.89. The standard InChI is InChI=1S/C23H22Cl2N2O2/c1-15-12-22(25)26-14-19(15)18-13-17(10-11-20(18)24)27(2)21-8-4-3-6-16(21)7-5-9-23(28)29/h3-4,6,8,10-14H,5,7,9H2,1-2H3,(H,28,29). The first-order valence-electron chi connectivity index (χ1n) is 9.32. The molecule has 0 amide bonds. The van der Waals surface area contributed by atoms with E-state index in [0.717, 1.165) is 33.6 Å². The van der Waals surface area contributed by atoms with Crippen molar-refractivity contribution in [2.24, 2.45) is 0 Å². The van der Waals surface area contributed by atoms with Gasteiger partial charge < -0.3 is 10.0 Å². The lowest BCUT2D eigenvalue weighted by Crippen LogP contribution is -2.12. The number of pyridine rings is 1. The van der Waals surface area contributed by atoms with Gasteiger partial charge in [0, 0.05) is 47.2 Å². The molecule has 0 aliphatic carbocycles. The molecule has 1 aromatic heterocycles. The van der Waals surface area contributed by atoms with Gasteiger partial charge >= 0.3 is 5.97 Å². The molecular formula is C23H22Cl2N2O2. The number of aliphatic carboxylic acids is 1. The number of para-hydroxylation sites is 1. The van der Waals surface area contributed by atoms with E-state index >= 15 is 0 Å². The van der Waals surface area contributed by atoms with Crippen LogP contribution in [0, 0.1) is 6.92 Å². The third-order valence-corrected chi connectivity index (χ3v) is 5.43. The number of benzene rings is 2. The Balaban J connectivity index is 1.95. The number of halogens is 2. The number of carboxylic acids is 1. The Kier molecular flexibility index (Phi) is 6.78. The number of hydrogen-bond acceptors (Lipinski definition) is 3. The Morgan fingerprint density at radius 1 is 1.10 bits per heavy atom. The van der Waals surface area contributed by atoms with Crippen LogP contribution in [-0.4, -0.2) is 23.1 Å². The first-order chi connectivity index (χ1) is 13.9. The number of anilines is 2. The van der Waals surface area contributed by atoms with Gasteiger partial charge in [0.05, 0.1) is 0 Å². The summed E-state index contributed by atoms with van der Waals surface area (Å²) in [5.41, 5.74) is 5.95. The molecule has 0 unspecified atom stereocenters. The highest BCUT2D eigenvalue weighted by molar-refractivity contribution is 6.33. The van der Waals surface area contributed by atoms with Crippen molar-refractivity contribution in [1.29, 1.82) is 0 Å². The summed E-state index contributed by atoms with van der Waals surface area (Å²) in [5.74, 6) is -0.773. The number of aromatic nitrogens is 1. The molecule has 0 saturated heterocycles. The summed E-state index contributed by atoms with van der Waals surface area (Å²) >= 11 is 12.5. The summed E-state index contributed by atoms with van der Waals surface area (Å²) < 4.78 is 0. The van der Waals surface area contributed by atoms with Crippen LogP contribution >= 0.6 is 23.2 Å². The van der Waals surface area contributed by atoms with Gasteiger partial charge in [-0.15, -0.1) is 0 Å². The van der Waals surface area contributed by atoms with Gasteiger partial charge in [-0.2, -0.15) is 0 Å². The number of rotatable bonds is 7. The van der Waals surface area contributed by atoms with Gasteiger partial charge in [0.2, 0.25) is 0 Å². The van der Waals surface area contributed by atoms with Crippen LogP contribution in [0.2, 0.25) is 10.2 Å². The van der Waals surface area contributed by atoms with E-state index < -0.39 is 5.97 Å². The van der Waals surface area contributed by atoms with Crippen molar-refractivity contribution in [2.75, 3.05) is 11.9 Å². The zero-order valence-corrected chi connectivity index (χ0v) is 17.8. The van der Waals surface area contributed by atoms with Gasteiger partial charge in [-0.1, -0.05) is 41.4 Å². The van der Waals surface area contributed by atoms with Crippen LogP contribution in [0.4, 0.5) is 11.4 Å². The Labute approximate surface area is 180 Å². The van der Waals surface area contributed by atoms with Crippen molar-refractivity contribution in [3.63, 3.8) is 0 Å². The van der Waals surface area contributed by atoms with E-state index in [0.29, 0.717) is 23.0 Å². The fourth-order valence-electron chi connectivity index (χ4n) is 3.35. The van der Waals surface area contributed by atoms with Gasteiger partial charge in [-0.3, -0.25) is 4.79 Å². The molecule has 1 heterocycles. The highest BCUT2D eigenvalue weighted by Crippen LogP contribution is 2.36. The second kappa shape index (κ2) is 9.29. The maximum absolute atomic E-state index is 10.8. The maximum Gasteiger partial charge on any atom is 0.303 e. The first-order valence-corrected chi connectivity index (χ1v) is 10.1. The Bertz CT molecular complexity index is 1040. The predicted molar refractivity (Wildman–Crippen MR) is 120 cm³/mol. The van der Waals surface area contributed by atoms with Gasteiger partial charge in [0.1, 0.15) is 5.15 Å². The highest BCUT2D eigenvalue weighted by Gasteiger charge is 2.14. The SMILES string of the molecule is Cc1cc(Cl)ncc1-c1cc(N(C)c2ccccc2CCCC(=O)O)ccc1Cl. The fourth-order valence-corrected chi connectivity index (χ4v) is 3.78. The zero-order valence-electron chi connectivity index (χ0n) is 16.3. The summed E-state index contributed by atoms with van der Waals surface area (Å²) in [5, 5.41) is 10.0. The molecule has 0 fully saturated rings. The van der Waals surface area contributed by atoms with Gasteiger partial charge in [0.25, 0.3) is 0 Å². The summed E-state index contributed by atoms with van der Waals surface area (Å²) in [6.45, 7) is 1.98. The Morgan fingerprint density at radius 3 is 2.59 bits per heavy atom. The van der Waals surface area contributed by atoms with Crippen LogP contribution in [0.25, 0.3) is 11.1 Å². The monoisotopic (exact) mass is 428 g/mol. The molecule has 3 rings (SSSR count). The maximum atomic E-state index is 10.8. The fraction of sp³-hybridized carbons (Fsp3) is 0.217. The third kappa shape index (κ3) is 5.08. The lowest BCUT2D eigenvalue weighted by Gasteiger charge is -2.24. The highest BCUT2D eigenvalue weighted by atomic mass is 35.5. The van der Waals surface area contributed by atoms with Crippen LogP contribution in [0.3, 0.4) is 0 Å². The minimum absolute atomic E-state index is 0.159. The number of hydrogen-bond donors (Lipinski definition) is 1. The summed E-state index contributed by atoms with van der Waals surface area (Å²) in [6.07, 6.45) is 3.20. The van der Waals surface area contributed by atoms with E-state index in [-0.39, 0.29) is 6.42 Å². The average molecular weight is 429 g/mol. The summed E-state index contributed by atoms with van der Waals surface area (Å²) in [4.78, 5) is 17.1. The van der Waals surface area contributed by atoms with E-state index in [1.807, 2.05) is 62.5 Å². The quantitative estimate of drug-likeness (QED) is 0.434. The molecule has 2 aromatic carbocycles. The van der Waals surface area contributed by atoms with Crippen molar-refractivity contribution in [1.82, 2.24) is 4.98 Å². The molecule has 0 bridgehead atoms. The average Bonchev–Trinajstić information content (AvgIpc) is 2.68. The van der Waals surface area contributed by atoms with E-state index in [1.54, 1.807) is 6.20 Å². The van der Waals surface area contributed by atoms with Crippen LogP contribution in [0.5, 0.6) is 0 Å². The molecule has 1 N–H and O–H groups in total. The van der Waals surface area contributed by atoms with Gasteiger partial charge in [-0.25, -0.2) is 4.98 Å². The van der Waals surface area contributed by atoms with Crippen molar-refractivity contribution >= 4 is 40.5 Å². The first kappa shape index (κ1) is 21.2. The Hall–Kier alpha value is -2.56. The number of carboxylic acid groups (broad SMARTS) is 1. The lowest BCUT2D eigenvalue weighted by molar-refractivity contribution is -0.137. The molecule has 0 aliphatic rings. The molecule has 3 aromatic rings. The minimum atomic E-state index is -0.773. The summed E-state index contributed by atoms with van der Waals surface area (Å²) in [7, 11) is 2.00. The van der Waals surface area contributed by atoms with Crippen LogP contribution in [0.15, 0.2) is 54.7 Å². The molecule has 29 heavy (non-hydrogen) atoms. The molecule has 0 radical (unpaired) electrons. The molecule has 0 atom stereocenters. The molecular weight excluding hydrogens is 407 g/mol. The normalized spacial score (nSPS) is 10.8. The molecule has 0 saturated carbocycles. The van der Waals surface area contributed by atoms with Crippen LogP contribution in [-0.2, 0) is 11.2 Å². The number of nitrogens with zero attached hydrogens (tertiary/aromatic N) is 2. The second-order valence-electron chi connectivity index (χ2n) is 6.92. The largest absolute Gasteiger partial charge is 0.481 e. The molecule has 4 nitrogen and oxygen atoms in total. The van der Waals surface area contributed by atoms with Crippen molar-refractivity contribution in [2.45, 2.75) is 26.2 Å². The van der Waals surface area contributed by atoms with Gasteiger partial charge in [0.15, 0.2) is 0 Å². The minimum Gasteiger partial charge on any atom is -0.481 e. The van der Waals surface area contributed by atoms with Gasteiger partial charge in [-0.05, 0) is 61.2 Å². The zero-order chi connectivity index (χ0) is 21.0. The Morgan fingerprint density at radius 2 is 1.86 bits per heavy atom. The van der Waals surface area contributed by atoms with E-state index in [9.17, 15) is 4.79 Å². The topological polar surface area (TPSA) is 53.4 Å².